The van der Waals surface area contributed by atoms with Gasteiger partial charge in [-0.15, -0.1) is 0 Å². The molecule has 2 heterocycles. The third-order valence-electron chi connectivity index (χ3n) is 6.12. The van der Waals surface area contributed by atoms with Crippen LogP contribution in [0.4, 0.5) is 22.4 Å². The van der Waals surface area contributed by atoms with E-state index in [1.165, 1.54) is 7.05 Å². The minimum absolute atomic E-state index is 0.0410. The van der Waals surface area contributed by atoms with E-state index in [0.29, 0.717) is 0 Å². The first-order chi connectivity index (χ1) is 16.5. The molecule has 36 heavy (non-hydrogen) atoms. The molecule has 2 saturated heterocycles. The van der Waals surface area contributed by atoms with Crippen molar-refractivity contribution in [3.63, 3.8) is 0 Å². The zero-order valence-corrected chi connectivity index (χ0v) is 20.6. The summed E-state index contributed by atoms with van der Waals surface area (Å²) in [6, 6.07) is 3.77. The number of phosphoric ester groups is 1. The Balaban J connectivity index is 1.58. The fourth-order valence-electron chi connectivity index (χ4n) is 4.02. The Morgan fingerprint density at radius 2 is 1.86 bits per heavy atom. The van der Waals surface area contributed by atoms with E-state index < -0.39 is 60.3 Å². The smallest absolute Gasteiger partial charge is 0.427 e. The highest BCUT2D eigenvalue weighted by Crippen LogP contribution is 2.39. The number of phosphoric acid groups is 1. The number of carbonyl (C=O) groups excluding carboxylic acids is 1. The SMILES string of the molecule is CN([C@H]1COC2(CCN(C(=O)O[C@H](COP(=O)([O-])[O-])C(F)(F)F)CC2)C1)S(=O)(=O)c1ccc(F)cc1. The van der Waals surface area contributed by atoms with Crippen LogP contribution < -0.4 is 9.79 Å². The summed E-state index contributed by atoms with van der Waals surface area (Å²) in [5, 5.41) is 0. The van der Waals surface area contributed by atoms with Crippen LogP contribution in [0, 0.1) is 5.82 Å². The monoisotopic (exact) mass is 562 g/mol. The van der Waals surface area contributed by atoms with Gasteiger partial charge in [-0.2, -0.15) is 17.5 Å². The van der Waals surface area contributed by atoms with Crippen molar-refractivity contribution in [1.29, 1.82) is 0 Å². The molecule has 0 N–H and O–H groups in total. The molecule has 2 aliphatic heterocycles. The van der Waals surface area contributed by atoms with Crippen LogP contribution in [-0.4, -0.2) is 81.0 Å². The Kier molecular flexibility index (Phi) is 8.40. The van der Waals surface area contributed by atoms with Gasteiger partial charge in [0.05, 0.1) is 37.6 Å². The summed E-state index contributed by atoms with van der Waals surface area (Å²) in [5.41, 5.74) is -0.821. The minimum Gasteiger partial charge on any atom is -0.790 e. The van der Waals surface area contributed by atoms with E-state index in [-0.39, 0.29) is 43.9 Å². The first-order valence-corrected chi connectivity index (χ1v) is 13.5. The number of piperidine rings is 1. The molecule has 204 valence electrons. The van der Waals surface area contributed by atoms with Crippen molar-refractivity contribution in [3.05, 3.63) is 30.1 Å². The average molecular weight is 562 g/mol. The average Bonchev–Trinajstić information content (AvgIpc) is 3.18. The van der Waals surface area contributed by atoms with Gasteiger partial charge >= 0.3 is 12.3 Å². The number of amides is 1. The van der Waals surface area contributed by atoms with E-state index in [1.54, 1.807) is 0 Å². The molecule has 1 amide bonds. The van der Waals surface area contributed by atoms with Crippen LogP contribution in [0.1, 0.15) is 19.3 Å². The number of hydrogen-bond acceptors (Lipinski definition) is 9. The number of benzene rings is 1. The molecule has 17 heteroatoms. The Morgan fingerprint density at radius 3 is 2.39 bits per heavy atom. The van der Waals surface area contributed by atoms with Gasteiger partial charge in [0.1, 0.15) is 5.82 Å². The topological polar surface area (TPSA) is 149 Å². The van der Waals surface area contributed by atoms with Crippen molar-refractivity contribution in [2.75, 3.05) is 33.4 Å². The molecule has 3 rings (SSSR count). The highest BCUT2D eigenvalue weighted by molar-refractivity contribution is 7.89. The number of halogens is 4. The number of ether oxygens (including phenoxy) is 2. The molecule has 2 aliphatic rings. The number of likely N-dealkylation sites (tertiary alicyclic amines) is 1. The van der Waals surface area contributed by atoms with Crippen molar-refractivity contribution in [3.8, 4) is 0 Å². The molecule has 0 unspecified atom stereocenters. The zero-order valence-electron chi connectivity index (χ0n) is 18.8. The Hall–Kier alpha value is -1.81. The largest absolute Gasteiger partial charge is 0.790 e. The van der Waals surface area contributed by atoms with Crippen LogP contribution in [0.25, 0.3) is 0 Å². The summed E-state index contributed by atoms with van der Waals surface area (Å²) in [4.78, 5) is 34.1. The summed E-state index contributed by atoms with van der Waals surface area (Å²) < 4.78 is 103. The molecular weight excluding hydrogens is 539 g/mol. The van der Waals surface area contributed by atoms with Crippen LogP contribution >= 0.6 is 7.82 Å². The molecule has 1 aromatic rings. The number of hydrogen-bond donors (Lipinski definition) is 0. The molecule has 0 aromatic heterocycles. The third-order valence-corrected chi connectivity index (χ3v) is 8.51. The minimum atomic E-state index is -5.72. The van der Waals surface area contributed by atoms with E-state index >= 15 is 0 Å². The molecule has 0 bridgehead atoms. The lowest BCUT2D eigenvalue weighted by Crippen LogP contribution is -2.49. The zero-order chi connectivity index (χ0) is 26.9. The molecular formula is C19H23F4N2O9PS-2. The van der Waals surface area contributed by atoms with Crippen molar-refractivity contribution in [2.45, 2.75) is 48.1 Å². The first kappa shape index (κ1) is 28.8. The van der Waals surface area contributed by atoms with E-state index in [9.17, 15) is 45.1 Å². The Labute approximate surface area is 204 Å². The highest BCUT2D eigenvalue weighted by atomic mass is 32.2. The molecule has 0 saturated carbocycles. The summed E-state index contributed by atoms with van der Waals surface area (Å²) >= 11 is 0. The maximum atomic E-state index is 13.2. The second-order valence-corrected chi connectivity index (χ2v) is 11.6. The van der Waals surface area contributed by atoms with E-state index in [2.05, 4.69) is 9.26 Å². The van der Waals surface area contributed by atoms with Gasteiger partial charge in [0.25, 0.3) is 0 Å². The number of sulfonamides is 1. The lowest BCUT2D eigenvalue weighted by molar-refractivity contribution is -0.344. The van der Waals surface area contributed by atoms with Crippen LogP contribution in [0.5, 0.6) is 0 Å². The standard InChI is InChI=1S/C19H25F4N2O9PS/c1-24(36(30,31)15-4-2-13(20)3-5-15)14-10-18(32-11-14)6-8-25(9-7-18)17(26)34-16(19(21,22)23)12-33-35(27,28)29/h2-5,14,16H,6-12H2,1H3,(H2,27,28,29)/p-2/t14-,16-/m1/s1. The molecule has 11 nitrogen and oxygen atoms in total. The third kappa shape index (κ3) is 6.94. The number of likely N-dealkylation sites (N-methyl/N-ethyl adjacent to an activating group) is 1. The van der Waals surface area contributed by atoms with Crippen molar-refractivity contribution >= 4 is 23.9 Å². The van der Waals surface area contributed by atoms with Gasteiger partial charge in [0, 0.05) is 20.1 Å². The number of alkyl halides is 3. The van der Waals surface area contributed by atoms with Gasteiger partial charge in [0.15, 0.2) is 0 Å². The van der Waals surface area contributed by atoms with Crippen LogP contribution in [0.15, 0.2) is 29.2 Å². The summed E-state index contributed by atoms with van der Waals surface area (Å²) in [5.74, 6) is -0.588. The van der Waals surface area contributed by atoms with Gasteiger partial charge in [-0.3, -0.25) is 0 Å². The number of nitrogens with zero attached hydrogens (tertiary/aromatic N) is 2. The van der Waals surface area contributed by atoms with E-state index in [4.69, 9.17) is 4.74 Å². The van der Waals surface area contributed by atoms with E-state index in [0.717, 1.165) is 33.5 Å². The predicted molar refractivity (Wildman–Crippen MR) is 109 cm³/mol. The quantitative estimate of drug-likeness (QED) is 0.350. The summed E-state index contributed by atoms with van der Waals surface area (Å²) in [7, 11) is -8.30. The van der Waals surface area contributed by atoms with Gasteiger partial charge in [-0.05, 0) is 43.5 Å². The predicted octanol–water partition coefficient (Wildman–Crippen LogP) is 0.982. The van der Waals surface area contributed by atoms with Gasteiger partial charge in [-0.1, -0.05) is 0 Å². The fraction of sp³-hybridized carbons (Fsp3) is 0.632. The van der Waals surface area contributed by atoms with E-state index in [1.807, 2.05) is 0 Å². The van der Waals surface area contributed by atoms with Crippen LogP contribution in [0.3, 0.4) is 0 Å². The second kappa shape index (κ2) is 10.5. The molecule has 0 aliphatic carbocycles. The molecule has 2 atom stereocenters. The lowest BCUT2D eigenvalue weighted by Gasteiger charge is -2.39. The van der Waals surface area contributed by atoms with Crippen molar-refractivity contribution in [2.24, 2.45) is 0 Å². The Morgan fingerprint density at radius 1 is 1.28 bits per heavy atom. The number of rotatable bonds is 7. The fourth-order valence-corrected chi connectivity index (χ4v) is 5.68. The van der Waals surface area contributed by atoms with Gasteiger partial charge in [0.2, 0.25) is 16.1 Å². The molecule has 0 radical (unpaired) electrons. The van der Waals surface area contributed by atoms with Crippen molar-refractivity contribution in [1.82, 2.24) is 9.21 Å². The second-order valence-electron chi connectivity index (χ2n) is 8.47. The molecule has 2 fully saturated rings. The first-order valence-electron chi connectivity index (χ1n) is 10.6. The number of carbonyl (C=O) groups is 1. The lowest BCUT2D eigenvalue weighted by atomic mass is 9.87. The van der Waals surface area contributed by atoms with Gasteiger partial charge in [-0.25, -0.2) is 17.6 Å². The Bertz CT molecular complexity index is 1090. The normalized spacial score (nSPS) is 21.7. The van der Waals surface area contributed by atoms with Gasteiger partial charge < -0.3 is 33.2 Å². The molecule has 1 aromatic carbocycles. The van der Waals surface area contributed by atoms with Crippen LogP contribution in [0.2, 0.25) is 0 Å². The maximum absolute atomic E-state index is 13.2. The highest BCUT2D eigenvalue weighted by Gasteiger charge is 2.48. The summed E-state index contributed by atoms with van der Waals surface area (Å²) in [6.45, 7) is -1.81. The summed E-state index contributed by atoms with van der Waals surface area (Å²) in [6.07, 6.45) is -8.92. The van der Waals surface area contributed by atoms with Crippen molar-refractivity contribution < 1.29 is 59.1 Å². The molecule has 1 spiro atoms. The maximum Gasteiger partial charge on any atom is 0.427 e. The van der Waals surface area contributed by atoms with Crippen LogP contribution in [-0.2, 0) is 28.6 Å².